The van der Waals surface area contributed by atoms with Gasteiger partial charge < -0.3 is 4.74 Å². The molecule has 2 atom stereocenters. The van der Waals surface area contributed by atoms with Gasteiger partial charge in [0, 0.05) is 6.61 Å². The molecule has 0 amide bonds. The van der Waals surface area contributed by atoms with Gasteiger partial charge in [-0.05, 0) is 36.1 Å². The first-order valence-corrected chi connectivity index (χ1v) is 6.90. The molecule has 18 heavy (non-hydrogen) atoms. The van der Waals surface area contributed by atoms with Gasteiger partial charge in [-0.15, -0.1) is 11.6 Å². The van der Waals surface area contributed by atoms with Gasteiger partial charge in [0.05, 0.1) is 11.0 Å². The summed E-state index contributed by atoms with van der Waals surface area (Å²) >= 11 is 6.71. The first kappa shape index (κ1) is 12.0. The van der Waals surface area contributed by atoms with E-state index in [1.807, 2.05) is 0 Å². The predicted molar refractivity (Wildman–Crippen MR) is 76.1 cm³/mol. The van der Waals surface area contributed by atoms with Crippen molar-refractivity contribution in [2.45, 2.75) is 30.7 Å². The second kappa shape index (κ2) is 4.56. The summed E-state index contributed by atoms with van der Waals surface area (Å²) in [5, 5.41) is 2.38. The van der Waals surface area contributed by atoms with Crippen LogP contribution in [0.2, 0.25) is 0 Å². The van der Waals surface area contributed by atoms with Gasteiger partial charge in [-0.3, -0.25) is 0 Å². The van der Waals surface area contributed by atoms with Crippen LogP contribution in [0, 0.1) is 0 Å². The van der Waals surface area contributed by atoms with Crippen molar-refractivity contribution in [1.82, 2.24) is 0 Å². The van der Waals surface area contributed by atoms with E-state index in [1.54, 1.807) is 0 Å². The summed E-state index contributed by atoms with van der Waals surface area (Å²) < 4.78 is 5.87. The summed E-state index contributed by atoms with van der Waals surface area (Å²) in [6.45, 7) is 2.95. The smallest absolute Gasteiger partial charge is 0.0878 e. The highest BCUT2D eigenvalue weighted by molar-refractivity contribution is 6.22. The Balaban J connectivity index is 2.08. The third-order valence-electron chi connectivity index (χ3n) is 3.88. The number of hydrogen-bond acceptors (Lipinski definition) is 1. The highest BCUT2D eigenvalue weighted by Crippen LogP contribution is 2.43. The minimum atomic E-state index is -0.230. The quantitative estimate of drug-likeness (QED) is 0.712. The SMILES string of the molecule is CC1(C(Cl)c2cccc3ccccc23)CCCO1. The first-order chi connectivity index (χ1) is 8.71. The lowest BCUT2D eigenvalue weighted by atomic mass is 9.90. The van der Waals surface area contributed by atoms with Crippen LogP contribution in [0.1, 0.15) is 30.7 Å². The molecule has 0 aliphatic carbocycles. The van der Waals surface area contributed by atoms with E-state index >= 15 is 0 Å². The van der Waals surface area contributed by atoms with Crippen LogP contribution in [-0.2, 0) is 4.74 Å². The molecule has 0 spiro atoms. The van der Waals surface area contributed by atoms with Crippen molar-refractivity contribution in [3.05, 3.63) is 48.0 Å². The molecule has 1 heterocycles. The zero-order chi connectivity index (χ0) is 12.6. The fourth-order valence-corrected chi connectivity index (χ4v) is 3.16. The Kier molecular flexibility index (Phi) is 3.04. The average molecular weight is 261 g/mol. The lowest BCUT2D eigenvalue weighted by Crippen LogP contribution is -2.28. The molecule has 0 N–H and O–H groups in total. The van der Waals surface area contributed by atoms with E-state index in [2.05, 4.69) is 49.4 Å². The molecule has 1 saturated heterocycles. The van der Waals surface area contributed by atoms with Gasteiger partial charge in [-0.25, -0.2) is 0 Å². The third kappa shape index (κ3) is 1.92. The maximum absolute atomic E-state index is 6.71. The molecular formula is C16H17ClO. The molecule has 0 aromatic heterocycles. The van der Waals surface area contributed by atoms with Crippen molar-refractivity contribution in [3.8, 4) is 0 Å². The number of hydrogen-bond donors (Lipinski definition) is 0. The van der Waals surface area contributed by atoms with Crippen molar-refractivity contribution in [2.24, 2.45) is 0 Å². The normalized spacial score (nSPS) is 25.4. The second-order valence-corrected chi connectivity index (χ2v) is 5.63. The zero-order valence-corrected chi connectivity index (χ0v) is 11.3. The van der Waals surface area contributed by atoms with E-state index in [1.165, 1.54) is 16.3 Å². The number of halogens is 1. The Morgan fingerprint density at radius 3 is 2.72 bits per heavy atom. The Hall–Kier alpha value is -1.05. The third-order valence-corrected chi connectivity index (χ3v) is 4.58. The number of ether oxygens (including phenoxy) is 1. The highest BCUT2D eigenvalue weighted by Gasteiger charge is 2.38. The molecule has 1 aliphatic heterocycles. The van der Waals surface area contributed by atoms with Gasteiger partial charge in [-0.1, -0.05) is 42.5 Å². The number of alkyl halides is 1. The molecule has 3 rings (SSSR count). The van der Waals surface area contributed by atoms with Crippen LogP contribution >= 0.6 is 11.6 Å². The van der Waals surface area contributed by atoms with Crippen LogP contribution < -0.4 is 0 Å². The predicted octanol–water partition coefficient (Wildman–Crippen LogP) is 4.69. The van der Waals surface area contributed by atoms with E-state index < -0.39 is 0 Å². The Morgan fingerprint density at radius 1 is 1.17 bits per heavy atom. The highest BCUT2D eigenvalue weighted by atomic mass is 35.5. The van der Waals surface area contributed by atoms with Crippen LogP contribution in [0.3, 0.4) is 0 Å². The number of rotatable bonds is 2. The lowest BCUT2D eigenvalue weighted by Gasteiger charge is -2.29. The standard InChI is InChI=1S/C16H17ClO/c1-16(10-5-11-18-16)15(17)14-9-4-7-12-6-2-3-8-13(12)14/h2-4,6-9,15H,5,10-11H2,1H3. The first-order valence-electron chi connectivity index (χ1n) is 6.46. The fraction of sp³-hybridized carbons (Fsp3) is 0.375. The Labute approximate surface area is 113 Å². The van der Waals surface area contributed by atoms with E-state index in [4.69, 9.17) is 16.3 Å². The van der Waals surface area contributed by atoms with Crippen LogP contribution in [0.25, 0.3) is 10.8 Å². The van der Waals surface area contributed by atoms with Crippen LogP contribution in [-0.4, -0.2) is 12.2 Å². The van der Waals surface area contributed by atoms with Crippen molar-refractivity contribution in [3.63, 3.8) is 0 Å². The van der Waals surface area contributed by atoms with E-state index in [0.29, 0.717) is 0 Å². The van der Waals surface area contributed by atoms with Gasteiger partial charge in [0.15, 0.2) is 0 Å². The van der Waals surface area contributed by atoms with Gasteiger partial charge in [-0.2, -0.15) is 0 Å². The zero-order valence-electron chi connectivity index (χ0n) is 10.5. The topological polar surface area (TPSA) is 9.23 Å². The van der Waals surface area contributed by atoms with Gasteiger partial charge in [0.1, 0.15) is 0 Å². The molecule has 0 bridgehead atoms. The lowest BCUT2D eigenvalue weighted by molar-refractivity contribution is 0.0167. The molecule has 94 valence electrons. The van der Waals surface area contributed by atoms with Crippen LogP contribution in [0.5, 0.6) is 0 Å². The average Bonchev–Trinajstić information content (AvgIpc) is 2.85. The molecule has 2 unspecified atom stereocenters. The summed E-state index contributed by atoms with van der Waals surface area (Å²) in [6.07, 6.45) is 2.13. The summed E-state index contributed by atoms with van der Waals surface area (Å²) in [4.78, 5) is 0. The summed E-state index contributed by atoms with van der Waals surface area (Å²) in [6, 6.07) is 14.7. The van der Waals surface area contributed by atoms with Gasteiger partial charge >= 0.3 is 0 Å². The van der Waals surface area contributed by atoms with E-state index in [9.17, 15) is 0 Å². The maximum atomic E-state index is 6.71. The fourth-order valence-electron chi connectivity index (χ4n) is 2.80. The largest absolute Gasteiger partial charge is 0.373 e. The molecule has 1 aliphatic rings. The number of benzene rings is 2. The Morgan fingerprint density at radius 2 is 1.94 bits per heavy atom. The van der Waals surface area contributed by atoms with Crippen LogP contribution in [0.15, 0.2) is 42.5 Å². The molecule has 1 nitrogen and oxygen atoms in total. The molecule has 1 fully saturated rings. The molecule has 0 radical (unpaired) electrons. The van der Waals surface area contributed by atoms with Crippen molar-refractivity contribution < 1.29 is 4.74 Å². The van der Waals surface area contributed by atoms with E-state index in [-0.39, 0.29) is 11.0 Å². The summed E-state index contributed by atoms with van der Waals surface area (Å²) in [7, 11) is 0. The van der Waals surface area contributed by atoms with Crippen molar-refractivity contribution >= 4 is 22.4 Å². The minimum absolute atomic E-state index is 0.0916. The van der Waals surface area contributed by atoms with Crippen LogP contribution in [0.4, 0.5) is 0 Å². The summed E-state index contributed by atoms with van der Waals surface area (Å²) in [5.74, 6) is 0. The number of fused-ring (bicyclic) bond motifs is 1. The Bertz CT molecular complexity index is 553. The van der Waals surface area contributed by atoms with Gasteiger partial charge in [0.25, 0.3) is 0 Å². The van der Waals surface area contributed by atoms with Gasteiger partial charge in [0.2, 0.25) is 0 Å². The molecule has 2 aromatic carbocycles. The van der Waals surface area contributed by atoms with Crippen molar-refractivity contribution in [2.75, 3.05) is 6.61 Å². The maximum Gasteiger partial charge on any atom is 0.0878 e. The molecule has 0 saturated carbocycles. The summed E-state index contributed by atoms with van der Waals surface area (Å²) in [5.41, 5.74) is 0.949. The molecule has 2 heteroatoms. The molecular weight excluding hydrogens is 244 g/mol. The molecule has 2 aromatic rings. The second-order valence-electron chi connectivity index (χ2n) is 5.20. The minimum Gasteiger partial charge on any atom is -0.373 e. The monoisotopic (exact) mass is 260 g/mol. The van der Waals surface area contributed by atoms with E-state index in [0.717, 1.165) is 19.4 Å². The van der Waals surface area contributed by atoms with Crippen molar-refractivity contribution in [1.29, 1.82) is 0 Å².